The molecule has 3 heteroatoms. The van der Waals surface area contributed by atoms with Crippen LogP contribution in [-0.2, 0) is 0 Å². The molecule has 0 amide bonds. The summed E-state index contributed by atoms with van der Waals surface area (Å²) in [7, 11) is 0. The van der Waals surface area contributed by atoms with Gasteiger partial charge in [0, 0.05) is 0 Å². The molecule has 0 spiro atoms. The summed E-state index contributed by atoms with van der Waals surface area (Å²) < 4.78 is 0. The average molecular weight is 120 g/mol. The van der Waals surface area contributed by atoms with Crippen molar-refractivity contribution in [2.24, 2.45) is 0 Å². The zero-order valence-corrected chi connectivity index (χ0v) is 6.85. The molecule has 1 aliphatic heterocycles. The molecule has 48 valence electrons. The minimum Gasteiger partial charge on any atom is -0.0963 e. The molecule has 0 bridgehead atoms. The highest BCUT2D eigenvalue weighted by Gasteiger charge is 2.26. The number of hydrogen-bond acceptors (Lipinski definition) is 0. The first kappa shape index (κ1) is 7.30. The van der Waals surface area contributed by atoms with Crippen LogP contribution in [0.2, 0.25) is 39.1 Å². The molecular formula is C6H15B3. The van der Waals surface area contributed by atoms with Gasteiger partial charge in [0.05, 0.1) is 0 Å². The van der Waals surface area contributed by atoms with Crippen molar-refractivity contribution in [3.63, 3.8) is 0 Å². The summed E-state index contributed by atoms with van der Waals surface area (Å²) in [5, 5.41) is 0. The van der Waals surface area contributed by atoms with Crippen LogP contribution >= 0.6 is 0 Å². The van der Waals surface area contributed by atoms with Gasteiger partial charge in [0.15, 0.2) is 0 Å². The predicted molar refractivity (Wildman–Crippen MR) is 49.3 cm³/mol. The molecule has 0 aromatic heterocycles. The molecule has 0 N–H and O–H groups in total. The van der Waals surface area contributed by atoms with Crippen molar-refractivity contribution < 1.29 is 0 Å². The van der Waals surface area contributed by atoms with Gasteiger partial charge in [-0.1, -0.05) is 39.1 Å². The Morgan fingerprint density at radius 1 is 0.667 bits per heavy atom. The maximum absolute atomic E-state index is 2.38. The summed E-state index contributed by atoms with van der Waals surface area (Å²) in [5.74, 6) is 0. The van der Waals surface area contributed by atoms with Gasteiger partial charge < -0.3 is 0 Å². The van der Waals surface area contributed by atoms with E-state index in [9.17, 15) is 0 Å². The van der Waals surface area contributed by atoms with Crippen molar-refractivity contribution in [2.75, 3.05) is 0 Å². The highest BCUT2D eigenvalue weighted by molar-refractivity contribution is 6.94. The van der Waals surface area contributed by atoms with Crippen LogP contribution in [0.3, 0.4) is 0 Å². The highest BCUT2D eigenvalue weighted by Crippen LogP contribution is 2.18. The van der Waals surface area contributed by atoms with E-state index < -0.39 is 0 Å². The molecule has 0 unspecified atom stereocenters. The molecule has 0 saturated carbocycles. The van der Waals surface area contributed by atoms with Gasteiger partial charge in [0.25, 0.3) is 0 Å². The lowest BCUT2D eigenvalue weighted by atomic mass is 9.10. The Bertz CT molecular complexity index is 69.3. The highest BCUT2D eigenvalue weighted by atomic mass is 13.7. The molecule has 0 radical (unpaired) electrons. The fourth-order valence-electron chi connectivity index (χ4n) is 2.35. The number of rotatable bonds is 0. The Balaban J connectivity index is 2.34. The average Bonchev–Trinajstić information content (AvgIpc) is 1.59. The van der Waals surface area contributed by atoms with Crippen LogP contribution in [0.4, 0.5) is 0 Å². The maximum Gasteiger partial charge on any atom is 0.121 e. The summed E-state index contributed by atoms with van der Waals surface area (Å²) >= 11 is 0. The second kappa shape index (κ2) is 2.85. The Kier molecular flexibility index (Phi) is 2.31. The standard InChI is InChI=1S/C6H15B3/c1-7-4-8(2)6-9(3)5-7/h4-6H2,1-3H3. The molecule has 1 fully saturated rings. The fourth-order valence-corrected chi connectivity index (χ4v) is 2.35. The van der Waals surface area contributed by atoms with Crippen LogP contribution < -0.4 is 0 Å². The van der Waals surface area contributed by atoms with Crippen molar-refractivity contribution in [1.29, 1.82) is 0 Å². The zero-order valence-electron chi connectivity index (χ0n) is 6.85. The van der Waals surface area contributed by atoms with Crippen LogP contribution in [0.1, 0.15) is 0 Å². The zero-order chi connectivity index (χ0) is 6.85. The normalized spacial score (nSPS) is 21.0. The smallest absolute Gasteiger partial charge is 0.0963 e. The van der Waals surface area contributed by atoms with E-state index in [2.05, 4.69) is 20.5 Å². The Morgan fingerprint density at radius 3 is 1.11 bits per heavy atom. The van der Waals surface area contributed by atoms with Gasteiger partial charge in [-0.25, -0.2) is 0 Å². The lowest BCUT2D eigenvalue weighted by Gasteiger charge is -2.22. The third kappa shape index (κ3) is 2.11. The molecule has 0 atom stereocenters. The van der Waals surface area contributed by atoms with Gasteiger partial charge in [-0.15, -0.1) is 0 Å². The Morgan fingerprint density at radius 2 is 0.889 bits per heavy atom. The molecule has 0 aliphatic carbocycles. The third-order valence-electron chi connectivity index (χ3n) is 2.41. The molecule has 1 saturated heterocycles. The fraction of sp³-hybridized carbons (Fsp3) is 1.00. The second-order valence-electron chi connectivity index (χ2n) is 4.02. The van der Waals surface area contributed by atoms with Gasteiger partial charge in [0.1, 0.15) is 20.1 Å². The van der Waals surface area contributed by atoms with Crippen molar-refractivity contribution in [1.82, 2.24) is 0 Å². The van der Waals surface area contributed by atoms with Crippen molar-refractivity contribution >= 4 is 20.1 Å². The van der Waals surface area contributed by atoms with E-state index in [1.165, 1.54) is 18.7 Å². The van der Waals surface area contributed by atoms with E-state index in [1.807, 2.05) is 0 Å². The van der Waals surface area contributed by atoms with E-state index in [0.29, 0.717) is 0 Å². The monoisotopic (exact) mass is 120 g/mol. The largest absolute Gasteiger partial charge is 0.121 e. The lowest BCUT2D eigenvalue weighted by molar-refractivity contribution is 1.52. The van der Waals surface area contributed by atoms with Crippen LogP contribution in [0.25, 0.3) is 0 Å². The second-order valence-corrected chi connectivity index (χ2v) is 4.02. The maximum atomic E-state index is 2.38. The van der Waals surface area contributed by atoms with Crippen molar-refractivity contribution in [3.8, 4) is 0 Å². The minimum atomic E-state index is 0.990. The van der Waals surface area contributed by atoms with Gasteiger partial charge in [-0.3, -0.25) is 0 Å². The summed E-state index contributed by atoms with van der Waals surface area (Å²) in [6.45, 7) is 10.1. The van der Waals surface area contributed by atoms with E-state index >= 15 is 0 Å². The molecular weight excluding hydrogens is 105 g/mol. The first-order chi connectivity index (χ1) is 4.18. The molecule has 1 aliphatic rings. The van der Waals surface area contributed by atoms with Crippen LogP contribution in [0, 0.1) is 0 Å². The molecule has 0 nitrogen and oxygen atoms in total. The van der Waals surface area contributed by atoms with Gasteiger partial charge in [0.2, 0.25) is 0 Å². The van der Waals surface area contributed by atoms with Crippen LogP contribution in [0.15, 0.2) is 0 Å². The minimum absolute atomic E-state index is 0.990. The van der Waals surface area contributed by atoms with E-state index in [-0.39, 0.29) is 0 Å². The van der Waals surface area contributed by atoms with Gasteiger partial charge in [-0.05, 0) is 0 Å². The summed E-state index contributed by atoms with van der Waals surface area (Å²) in [5.41, 5.74) is 0. The van der Waals surface area contributed by atoms with Gasteiger partial charge in [-0.2, -0.15) is 0 Å². The van der Waals surface area contributed by atoms with Crippen molar-refractivity contribution in [2.45, 2.75) is 39.1 Å². The number of hydrogen-bond donors (Lipinski definition) is 0. The van der Waals surface area contributed by atoms with Crippen molar-refractivity contribution in [3.05, 3.63) is 0 Å². The Labute approximate surface area is 60.0 Å². The third-order valence-corrected chi connectivity index (χ3v) is 2.41. The van der Waals surface area contributed by atoms with Crippen LogP contribution in [-0.4, -0.2) is 20.1 Å². The molecule has 0 aromatic carbocycles. The summed E-state index contributed by atoms with van der Waals surface area (Å²) in [6.07, 6.45) is 4.39. The molecule has 1 heterocycles. The van der Waals surface area contributed by atoms with Crippen LogP contribution in [0.5, 0.6) is 0 Å². The SMILES string of the molecule is CB1CB(C)CB(C)C1. The predicted octanol–water partition coefficient (Wildman–Crippen LogP) is 1.99. The van der Waals surface area contributed by atoms with E-state index in [0.717, 1.165) is 20.1 Å². The van der Waals surface area contributed by atoms with Gasteiger partial charge >= 0.3 is 0 Å². The summed E-state index contributed by atoms with van der Waals surface area (Å²) in [6, 6.07) is 0. The molecule has 9 heavy (non-hydrogen) atoms. The van der Waals surface area contributed by atoms with E-state index in [4.69, 9.17) is 0 Å². The van der Waals surface area contributed by atoms with E-state index in [1.54, 1.807) is 0 Å². The topological polar surface area (TPSA) is 0 Å². The first-order valence-corrected chi connectivity index (χ1v) is 4.18. The lowest BCUT2D eigenvalue weighted by Crippen LogP contribution is -2.34. The Hall–Kier alpha value is 0.195. The first-order valence-electron chi connectivity index (χ1n) is 4.18. The quantitative estimate of drug-likeness (QED) is 0.428. The molecule has 1 rings (SSSR count). The molecule has 0 aromatic rings. The summed E-state index contributed by atoms with van der Waals surface area (Å²) in [4.78, 5) is 0.